The van der Waals surface area contributed by atoms with Crippen LogP contribution in [0.15, 0.2) is 22.7 Å². The van der Waals surface area contributed by atoms with Gasteiger partial charge in [0.05, 0.1) is 5.92 Å². The third-order valence-corrected chi connectivity index (χ3v) is 6.03. The summed E-state index contributed by atoms with van der Waals surface area (Å²) in [5, 5.41) is 0. The molecule has 0 aromatic heterocycles. The molecular weight excluding hydrogens is 386 g/mol. The van der Waals surface area contributed by atoms with Crippen molar-refractivity contribution < 1.29 is 14.4 Å². The lowest BCUT2D eigenvalue weighted by atomic mass is 9.95. The predicted molar refractivity (Wildman–Crippen MR) is 97.8 cm³/mol. The Morgan fingerprint density at radius 1 is 1.20 bits per heavy atom. The largest absolute Gasteiger partial charge is 0.369 e. The fourth-order valence-electron chi connectivity index (χ4n) is 3.56. The van der Waals surface area contributed by atoms with E-state index in [0.29, 0.717) is 32.5 Å². The van der Waals surface area contributed by atoms with Crippen molar-refractivity contribution in [2.75, 3.05) is 24.5 Å². The molecule has 2 aliphatic heterocycles. The summed E-state index contributed by atoms with van der Waals surface area (Å²) in [5.41, 5.74) is 7.21. The van der Waals surface area contributed by atoms with E-state index in [9.17, 15) is 14.4 Å². The van der Waals surface area contributed by atoms with Gasteiger partial charge in [0.15, 0.2) is 0 Å². The highest BCUT2D eigenvalue weighted by molar-refractivity contribution is 9.10. The summed E-state index contributed by atoms with van der Waals surface area (Å²) in [5.74, 6) is -0.766. The molecule has 2 heterocycles. The predicted octanol–water partition coefficient (Wildman–Crippen LogP) is 1.83. The first-order chi connectivity index (χ1) is 11.9. The van der Waals surface area contributed by atoms with Gasteiger partial charge >= 0.3 is 0 Å². The maximum absolute atomic E-state index is 12.7. The quantitative estimate of drug-likeness (QED) is 0.829. The van der Waals surface area contributed by atoms with Crippen LogP contribution in [0, 0.1) is 18.8 Å². The van der Waals surface area contributed by atoms with Crippen molar-refractivity contribution in [1.82, 2.24) is 4.90 Å². The summed E-state index contributed by atoms with van der Waals surface area (Å²) in [6, 6.07) is 5.76. The molecular formula is C18H22BrN3O3. The van der Waals surface area contributed by atoms with E-state index in [1.807, 2.05) is 25.1 Å². The Morgan fingerprint density at radius 3 is 2.48 bits per heavy atom. The number of carbonyl (C=O) groups is 3. The maximum Gasteiger partial charge on any atom is 0.228 e. The van der Waals surface area contributed by atoms with E-state index in [2.05, 4.69) is 15.9 Å². The third kappa shape index (κ3) is 3.71. The highest BCUT2D eigenvalue weighted by Gasteiger charge is 2.38. The molecule has 2 saturated heterocycles. The van der Waals surface area contributed by atoms with Crippen LogP contribution < -0.4 is 10.6 Å². The zero-order valence-corrected chi connectivity index (χ0v) is 15.8. The minimum absolute atomic E-state index is 0.00704. The molecule has 6 nitrogen and oxygen atoms in total. The van der Waals surface area contributed by atoms with Crippen LogP contribution in [-0.4, -0.2) is 42.3 Å². The summed E-state index contributed by atoms with van der Waals surface area (Å²) in [6.45, 7) is 3.46. The molecule has 1 atom stereocenters. The van der Waals surface area contributed by atoms with Crippen molar-refractivity contribution >= 4 is 39.3 Å². The van der Waals surface area contributed by atoms with Crippen LogP contribution in [-0.2, 0) is 14.4 Å². The topological polar surface area (TPSA) is 83.7 Å². The molecule has 0 radical (unpaired) electrons. The fourth-order valence-corrected chi connectivity index (χ4v) is 3.81. The molecule has 134 valence electrons. The van der Waals surface area contributed by atoms with Gasteiger partial charge in [-0.05, 0) is 43.5 Å². The van der Waals surface area contributed by atoms with Crippen molar-refractivity contribution in [2.45, 2.75) is 26.2 Å². The maximum atomic E-state index is 12.7. The molecule has 0 saturated carbocycles. The van der Waals surface area contributed by atoms with Crippen LogP contribution in [0.25, 0.3) is 0 Å². The monoisotopic (exact) mass is 407 g/mol. The number of carbonyl (C=O) groups excluding carboxylic acids is 3. The molecule has 3 amide bonds. The molecule has 1 aromatic rings. The van der Waals surface area contributed by atoms with Gasteiger partial charge in [-0.3, -0.25) is 14.4 Å². The number of hydrogen-bond donors (Lipinski definition) is 1. The van der Waals surface area contributed by atoms with Gasteiger partial charge in [-0.15, -0.1) is 0 Å². The average molecular weight is 408 g/mol. The van der Waals surface area contributed by atoms with Crippen LogP contribution in [0.2, 0.25) is 0 Å². The average Bonchev–Trinajstić information content (AvgIpc) is 2.98. The summed E-state index contributed by atoms with van der Waals surface area (Å²) < 4.78 is 0.993. The van der Waals surface area contributed by atoms with Crippen molar-refractivity contribution in [2.24, 2.45) is 17.6 Å². The van der Waals surface area contributed by atoms with Gasteiger partial charge in [0.2, 0.25) is 17.7 Å². The van der Waals surface area contributed by atoms with Crippen LogP contribution in [0.5, 0.6) is 0 Å². The van der Waals surface area contributed by atoms with E-state index >= 15 is 0 Å². The van der Waals surface area contributed by atoms with E-state index in [-0.39, 0.29) is 36.0 Å². The molecule has 3 rings (SSSR count). The number of amides is 3. The number of nitrogens with zero attached hydrogens (tertiary/aromatic N) is 2. The van der Waals surface area contributed by atoms with E-state index in [4.69, 9.17) is 5.73 Å². The number of likely N-dealkylation sites (tertiary alicyclic amines) is 1. The molecule has 0 bridgehead atoms. The van der Waals surface area contributed by atoms with Crippen molar-refractivity contribution in [3.63, 3.8) is 0 Å². The van der Waals surface area contributed by atoms with E-state index in [1.165, 1.54) is 0 Å². The minimum Gasteiger partial charge on any atom is -0.369 e. The number of nitrogens with two attached hydrogens (primary N) is 1. The summed E-state index contributed by atoms with van der Waals surface area (Å²) in [4.78, 5) is 39.8. The number of anilines is 1. The summed E-state index contributed by atoms with van der Waals surface area (Å²) >= 11 is 3.46. The first kappa shape index (κ1) is 17.9. The molecule has 2 fully saturated rings. The Labute approximate surface area is 155 Å². The Morgan fingerprint density at radius 2 is 1.88 bits per heavy atom. The second-order valence-corrected chi connectivity index (χ2v) is 7.70. The second kappa shape index (κ2) is 7.15. The Bertz CT molecular complexity index is 714. The lowest BCUT2D eigenvalue weighted by Gasteiger charge is -2.32. The van der Waals surface area contributed by atoms with Crippen LogP contribution >= 0.6 is 15.9 Å². The first-order valence-corrected chi connectivity index (χ1v) is 9.30. The van der Waals surface area contributed by atoms with Gasteiger partial charge < -0.3 is 15.5 Å². The minimum atomic E-state index is -0.318. The molecule has 0 spiro atoms. The smallest absolute Gasteiger partial charge is 0.228 e. The Balaban J connectivity index is 1.65. The van der Waals surface area contributed by atoms with Crippen molar-refractivity contribution in [3.05, 3.63) is 28.2 Å². The van der Waals surface area contributed by atoms with Crippen LogP contribution in [0.1, 0.15) is 24.8 Å². The lowest BCUT2D eigenvalue weighted by Crippen LogP contribution is -2.44. The zero-order chi connectivity index (χ0) is 18.1. The zero-order valence-electron chi connectivity index (χ0n) is 14.2. The standard InChI is InChI=1S/C18H22BrN3O3/c1-11-8-14(2-3-15(11)19)22-10-13(9-16(22)23)18(25)21-6-4-12(5-7-21)17(20)24/h2-3,8,12-13H,4-7,9-10H2,1H3,(H2,20,24)/t13-/m0/s1. The van der Waals surface area contributed by atoms with Crippen LogP contribution in [0.4, 0.5) is 5.69 Å². The third-order valence-electron chi connectivity index (χ3n) is 5.14. The molecule has 2 aliphatic rings. The van der Waals surface area contributed by atoms with Gasteiger partial charge in [0.25, 0.3) is 0 Å². The number of hydrogen-bond acceptors (Lipinski definition) is 3. The Kier molecular flexibility index (Phi) is 5.13. The normalized spacial score (nSPS) is 21.7. The Hall–Kier alpha value is -1.89. The number of halogens is 1. The van der Waals surface area contributed by atoms with Crippen molar-refractivity contribution in [1.29, 1.82) is 0 Å². The molecule has 0 unspecified atom stereocenters. The highest BCUT2D eigenvalue weighted by atomic mass is 79.9. The number of rotatable bonds is 3. The van der Waals surface area contributed by atoms with Crippen molar-refractivity contribution in [3.8, 4) is 0 Å². The highest BCUT2D eigenvalue weighted by Crippen LogP contribution is 2.30. The molecule has 1 aromatic carbocycles. The lowest BCUT2D eigenvalue weighted by molar-refractivity contribution is -0.138. The molecule has 25 heavy (non-hydrogen) atoms. The summed E-state index contributed by atoms with van der Waals surface area (Å²) in [7, 11) is 0. The number of primary amides is 1. The summed E-state index contributed by atoms with van der Waals surface area (Å²) in [6.07, 6.45) is 1.46. The fraction of sp³-hybridized carbons (Fsp3) is 0.500. The van der Waals surface area contributed by atoms with Gasteiger partial charge in [-0.2, -0.15) is 0 Å². The van der Waals surface area contributed by atoms with Gasteiger partial charge in [0, 0.05) is 42.1 Å². The van der Waals surface area contributed by atoms with Gasteiger partial charge in [-0.25, -0.2) is 0 Å². The van der Waals surface area contributed by atoms with E-state index in [1.54, 1.807) is 9.80 Å². The molecule has 7 heteroatoms. The SMILES string of the molecule is Cc1cc(N2C[C@@H](C(=O)N3CCC(C(N)=O)CC3)CC2=O)ccc1Br. The van der Waals surface area contributed by atoms with E-state index < -0.39 is 0 Å². The number of piperidine rings is 1. The first-order valence-electron chi connectivity index (χ1n) is 8.51. The number of aryl methyl sites for hydroxylation is 1. The number of benzene rings is 1. The molecule has 0 aliphatic carbocycles. The molecule has 2 N–H and O–H groups in total. The van der Waals surface area contributed by atoms with E-state index in [0.717, 1.165) is 15.7 Å². The van der Waals surface area contributed by atoms with Crippen LogP contribution in [0.3, 0.4) is 0 Å². The second-order valence-electron chi connectivity index (χ2n) is 6.84. The van der Waals surface area contributed by atoms with Gasteiger partial charge in [0.1, 0.15) is 0 Å². The van der Waals surface area contributed by atoms with Gasteiger partial charge in [-0.1, -0.05) is 15.9 Å².